The van der Waals surface area contributed by atoms with Crippen LogP contribution in [0.5, 0.6) is 0 Å². The molecule has 21 heavy (non-hydrogen) atoms. The summed E-state index contributed by atoms with van der Waals surface area (Å²) in [6.07, 6.45) is -1.54. The number of imidazole rings is 1. The van der Waals surface area contributed by atoms with Crippen molar-refractivity contribution in [3.63, 3.8) is 0 Å². The van der Waals surface area contributed by atoms with Crippen molar-refractivity contribution < 1.29 is 21.6 Å². The Labute approximate surface area is 121 Å². The number of alkyl halides is 3. The van der Waals surface area contributed by atoms with Gasteiger partial charge in [-0.25, -0.2) is 18.1 Å². The van der Waals surface area contributed by atoms with Gasteiger partial charge >= 0.3 is 6.18 Å². The molecule has 1 aromatic heterocycles. The monoisotopic (exact) mass is 325 g/mol. The number of aromatic amines is 1. The summed E-state index contributed by atoms with van der Waals surface area (Å²) < 4.78 is 65.4. The number of halogens is 3. The summed E-state index contributed by atoms with van der Waals surface area (Å²) in [4.78, 5) is 6.47. The molecule has 5 nitrogen and oxygen atoms in total. The van der Waals surface area contributed by atoms with Crippen LogP contribution in [0.4, 0.5) is 13.2 Å². The van der Waals surface area contributed by atoms with Crippen LogP contribution in [0.3, 0.4) is 0 Å². The normalized spacial score (nSPS) is 24.2. The Hall–Kier alpha value is -1.09. The van der Waals surface area contributed by atoms with Gasteiger partial charge in [0.1, 0.15) is 5.82 Å². The lowest BCUT2D eigenvalue weighted by molar-refractivity contribution is -0.187. The molecule has 1 saturated carbocycles. The van der Waals surface area contributed by atoms with E-state index < -0.39 is 28.2 Å². The van der Waals surface area contributed by atoms with Crippen LogP contribution in [0.1, 0.15) is 38.4 Å². The Kier molecular flexibility index (Phi) is 4.62. The molecule has 1 heterocycles. The van der Waals surface area contributed by atoms with E-state index in [1.165, 1.54) is 0 Å². The van der Waals surface area contributed by atoms with E-state index in [1.54, 1.807) is 6.92 Å². The Morgan fingerprint density at radius 1 is 1.38 bits per heavy atom. The largest absolute Gasteiger partial charge is 0.393 e. The smallest absolute Gasteiger partial charge is 0.332 e. The third-order valence-electron chi connectivity index (χ3n) is 3.72. The molecule has 1 aromatic rings. The molecule has 120 valence electrons. The molecule has 2 N–H and O–H groups in total. The van der Waals surface area contributed by atoms with E-state index >= 15 is 0 Å². The number of nitrogens with one attached hydrogen (secondary N) is 2. The SMILES string of the molecule is CCc1ncc(S(=O)(=O)NC2CCCCC2C(F)(F)F)[nH]1. The average molecular weight is 325 g/mol. The van der Waals surface area contributed by atoms with Crippen LogP contribution in [-0.2, 0) is 16.4 Å². The summed E-state index contributed by atoms with van der Waals surface area (Å²) >= 11 is 0. The molecule has 1 fully saturated rings. The molecule has 0 aliphatic heterocycles. The topological polar surface area (TPSA) is 74.8 Å². The van der Waals surface area contributed by atoms with Crippen molar-refractivity contribution in [2.24, 2.45) is 5.92 Å². The fourth-order valence-electron chi connectivity index (χ4n) is 2.59. The van der Waals surface area contributed by atoms with Crippen LogP contribution in [0.25, 0.3) is 0 Å². The highest BCUT2D eigenvalue weighted by Crippen LogP contribution is 2.38. The van der Waals surface area contributed by atoms with Crippen molar-refractivity contribution in [2.45, 2.75) is 56.3 Å². The predicted octanol–water partition coefficient (Wildman–Crippen LogP) is 2.37. The zero-order chi connectivity index (χ0) is 15.7. The van der Waals surface area contributed by atoms with Crippen LogP contribution >= 0.6 is 0 Å². The van der Waals surface area contributed by atoms with Gasteiger partial charge in [-0.1, -0.05) is 19.8 Å². The van der Waals surface area contributed by atoms with E-state index in [2.05, 4.69) is 14.7 Å². The standard InChI is InChI=1S/C12H18F3N3O2S/c1-2-10-16-7-11(17-10)21(19,20)18-9-6-4-3-5-8(9)12(13,14)15/h7-9,18H,2-6H2,1H3,(H,16,17). The number of rotatable bonds is 4. The van der Waals surface area contributed by atoms with E-state index in [1.807, 2.05) is 0 Å². The number of sulfonamides is 1. The first-order chi connectivity index (χ1) is 9.74. The van der Waals surface area contributed by atoms with Gasteiger partial charge in [-0.3, -0.25) is 0 Å². The highest BCUT2D eigenvalue weighted by atomic mass is 32.2. The van der Waals surface area contributed by atoms with Gasteiger partial charge in [0.25, 0.3) is 10.0 Å². The maximum absolute atomic E-state index is 13.0. The van der Waals surface area contributed by atoms with Crippen LogP contribution in [0.15, 0.2) is 11.2 Å². The zero-order valence-corrected chi connectivity index (χ0v) is 12.4. The molecule has 1 aliphatic rings. The van der Waals surface area contributed by atoms with Crippen LogP contribution in [0.2, 0.25) is 0 Å². The average Bonchev–Trinajstić information content (AvgIpc) is 2.87. The minimum atomic E-state index is -4.39. The molecule has 0 amide bonds. The number of aromatic nitrogens is 2. The van der Waals surface area contributed by atoms with Crippen LogP contribution < -0.4 is 4.72 Å². The first-order valence-corrected chi connectivity index (χ1v) is 8.35. The second kappa shape index (κ2) is 5.96. The summed E-state index contributed by atoms with van der Waals surface area (Å²) in [5.74, 6) is -1.15. The Bertz CT molecular complexity index is 583. The second-order valence-corrected chi connectivity index (χ2v) is 6.89. The molecular formula is C12H18F3N3O2S. The molecule has 9 heteroatoms. The lowest BCUT2D eigenvalue weighted by atomic mass is 9.85. The third-order valence-corrected chi connectivity index (χ3v) is 5.12. The number of nitrogens with zero attached hydrogens (tertiary/aromatic N) is 1. The number of hydrogen-bond donors (Lipinski definition) is 2. The van der Waals surface area contributed by atoms with Crippen LogP contribution in [-0.4, -0.2) is 30.6 Å². The minimum absolute atomic E-state index is 0.0418. The molecule has 0 bridgehead atoms. The Morgan fingerprint density at radius 3 is 2.62 bits per heavy atom. The van der Waals surface area contributed by atoms with Crippen molar-refractivity contribution in [3.8, 4) is 0 Å². The molecule has 2 unspecified atom stereocenters. The van der Waals surface area contributed by atoms with Gasteiger partial charge in [0, 0.05) is 12.5 Å². The van der Waals surface area contributed by atoms with Gasteiger partial charge in [0.05, 0.1) is 12.1 Å². The van der Waals surface area contributed by atoms with Crippen molar-refractivity contribution >= 4 is 10.0 Å². The maximum Gasteiger partial charge on any atom is 0.393 e. The van der Waals surface area contributed by atoms with Gasteiger partial charge in [-0.2, -0.15) is 13.2 Å². The third kappa shape index (κ3) is 3.76. The van der Waals surface area contributed by atoms with Crippen molar-refractivity contribution in [1.82, 2.24) is 14.7 Å². The first kappa shape index (κ1) is 16.3. The lowest BCUT2D eigenvalue weighted by Gasteiger charge is -2.33. The van der Waals surface area contributed by atoms with E-state index in [0.717, 1.165) is 6.20 Å². The second-order valence-electron chi connectivity index (χ2n) is 5.21. The fourth-order valence-corrected chi connectivity index (χ4v) is 3.84. The van der Waals surface area contributed by atoms with E-state index in [-0.39, 0.29) is 17.9 Å². The molecular weight excluding hydrogens is 307 g/mol. The molecule has 2 rings (SSSR count). The lowest BCUT2D eigenvalue weighted by Crippen LogP contribution is -2.47. The highest BCUT2D eigenvalue weighted by molar-refractivity contribution is 7.89. The van der Waals surface area contributed by atoms with Gasteiger partial charge in [0.15, 0.2) is 5.03 Å². The molecule has 0 radical (unpaired) electrons. The van der Waals surface area contributed by atoms with Crippen molar-refractivity contribution in [2.75, 3.05) is 0 Å². The molecule has 0 aromatic carbocycles. The Balaban J connectivity index is 2.18. The molecule has 2 atom stereocenters. The summed E-state index contributed by atoms with van der Waals surface area (Å²) in [7, 11) is -4.01. The summed E-state index contributed by atoms with van der Waals surface area (Å²) in [6.45, 7) is 1.80. The van der Waals surface area contributed by atoms with Gasteiger partial charge in [0.2, 0.25) is 0 Å². The van der Waals surface area contributed by atoms with Crippen molar-refractivity contribution in [1.29, 1.82) is 0 Å². The van der Waals surface area contributed by atoms with Gasteiger partial charge < -0.3 is 4.98 Å². The quantitative estimate of drug-likeness (QED) is 0.892. The van der Waals surface area contributed by atoms with Gasteiger partial charge in [-0.05, 0) is 12.8 Å². The van der Waals surface area contributed by atoms with E-state index in [9.17, 15) is 21.6 Å². The summed E-state index contributed by atoms with van der Waals surface area (Å²) in [6, 6.07) is -1.11. The maximum atomic E-state index is 13.0. The number of hydrogen-bond acceptors (Lipinski definition) is 3. The molecule has 1 aliphatic carbocycles. The summed E-state index contributed by atoms with van der Waals surface area (Å²) in [5, 5.41) is -0.189. The first-order valence-electron chi connectivity index (χ1n) is 6.87. The van der Waals surface area contributed by atoms with E-state index in [0.29, 0.717) is 25.1 Å². The molecule has 0 saturated heterocycles. The highest BCUT2D eigenvalue weighted by Gasteiger charge is 2.46. The predicted molar refractivity (Wildman–Crippen MR) is 70.1 cm³/mol. The zero-order valence-electron chi connectivity index (χ0n) is 11.6. The molecule has 0 spiro atoms. The summed E-state index contributed by atoms with van der Waals surface area (Å²) in [5.41, 5.74) is 0. The van der Waals surface area contributed by atoms with Crippen molar-refractivity contribution in [3.05, 3.63) is 12.0 Å². The Morgan fingerprint density at radius 2 is 2.05 bits per heavy atom. The number of aryl methyl sites for hydroxylation is 1. The number of H-pyrrole nitrogens is 1. The minimum Gasteiger partial charge on any atom is -0.332 e. The van der Waals surface area contributed by atoms with Crippen LogP contribution in [0, 0.1) is 5.92 Å². The van der Waals surface area contributed by atoms with E-state index in [4.69, 9.17) is 0 Å². The fraction of sp³-hybridized carbons (Fsp3) is 0.750. The van der Waals surface area contributed by atoms with Gasteiger partial charge in [-0.15, -0.1) is 0 Å².